The number of imidazole rings is 1. The second kappa shape index (κ2) is 3.71. The smallest absolute Gasteiger partial charge is 0.212 e. The van der Waals surface area contributed by atoms with Gasteiger partial charge in [-0.3, -0.25) is 4.40 Å². The average molecular weight is 248 g/mol. The molecule has 0 atom stereocenters. The van der Waals surface area contributed by atoms with Gasteiger partial charge in [-0.15, -0.1) is 4.91 Å². The summed E-state index contributed by atoms with van der Waals surface area (Å²) in [5, 5.41) is 3.49. The summed E-state index contributed by atoms with van der Waals surface area (Å²) in [5.74, 6) is 0.678. The van der Waals surface area contributed by atoms with E-state index in [1.165, 1.54) is 10.7 Å². The van der Waals surface area contributed by atoms with E-state index in [-0.39, 0.29) is 5.82 Å². The standard InChI is InChI=1S/C11H6ClN3O2/c12-7-3-4-9-13-10(8-2-1-5-17-8)11(14-16)15(9)6-7/h1-6H. The molecule has 0 N–H and O–H groups in total. The van der Waals surface area contributed by atoms with Gasteiger partial charge >= 0.3 is 0 Å². The van der Waals surface area contributed by atoms with Gasteiger partial charge in [0.1, 0.15) is 5.65 Å². The number of halogens is 1. The zero-order chi connectivity index (χ0) is 11.8. The first-order chi connectivity index (χ1) is 8.29. The molecule has 3 aromatic heterocycles. The molecule has 0 unspecified atom stereocenters. The van der Waals surface area contributed by atoms with Crippen molar-refractivity contribution in [1.29, 1.82) is 0 Å². The molecule has 3 rings (SSSR count). The maximum atomic E-state index is 10.9. The summed E-state index contributed by atoms with van der Waals surface area (Å²) in [7, 11) is 0. The monoisotopic (exact) mass is 247 g/mol. The summed E-state index contributed by atoms with van der Waals surface area (Å²) in [6.45, 7) is 0. The van der Waals surface area contributed by atoms with E-state index in [4.69, 9.17) is 16.0 Å². The molecular weight excluding hydrogens is 242 g/mol. The first-order valence-electron chi connectivity index (χ1n) is 4.84. The molecule has 17 heavy (non-hydrogen) atoms. The Kier molecular flexibility index (Phi) is 2.19. The molecule has 5 nitrogen and oxygen atoms in total. The van der Waals surface area contributed by atoms with Crippen LogP contribution in [-0.2, 0) is 0 Å². The van der Waals surface area contributed by atoms with Crippen LogP contribution in [0.1, 0.15) is 0 Å². The third kappa shape index (κ3) is 1.52. The summed E-state index contributed by atoms with van der Waals surface area (Å²) in [6, 6.07) is 6.85. The summed E-state index contributed by atoms with van der Waals surface area (Å²) in [4.78, 5) is 15.2. The molecule has 0 aliphatic carbocycles. The summed E-state index contributed by atoms with van der Waals surface area (Å²) in [6.07, 6.45) is 3.11. The van der Waals surface area contributed by atoms with Gasteiger partial charge < -0.3 is 4.42 Å². The summed E-state index contributed by atoms with van der Waals surface area (Å²) in [5.41, 5.74) is 1.00. The highest BCUT2D eigenvalue weighted by Crippen LogP contribution is 2.31. The van der Waals surface area contributed by atoms with Crippen molar-refractivity contribution in [3.05, 3.63) is 46.7 Å². The predicted molar refractivity (Wildman–Crippen MR) is 63.4 cm³/mol. The maximum Gasteiger partial charge on any atom is 0.212 e. The van der Waals surface area contributed by atoms with E-state index >= 15 is 0 Å². The average Bonchev–Trinajstić information content (AvgIpc) is 2.94. The van der Waals surface area contributed by atoms with E-state index < -0.39 is 0 Å². The molecule has 0 aliphatic rings. The van der Waals surface area contributed by atoms with Crippen LogP contribution in [0.2, 0.25) is 5.02 Å². The topological polar surface area (TPSA) is 59.9 Å². The third-order valence-corrected chi connectivity index (χ3v) is 2.62. The Balaban J connectivity index is 2.36. The van der Waals surface area contributed by atoms with E-state index in [2.05, 4.69) is 10.2 Å². The number of pyridine rings is 1. The lowest BCUT2D eigenvalue weighted by molar-refractivity contribution is 0.580. The molecule has 0 saturated heterocycles. The van der Waals surface area contributed by atoms with Crippen LogP contribution in [0.4, 0.5) is 5.82 Å². The van der Waals surface area contributed by atoms with Crippen molar-refractivity contribution in [2.75, 3.05) is 0 Å². The second-order valence-electron chi connectivity index (χ2n) is 3.43. The van der Waals surface area contributed by atoms with Crippen molar-refractivity contribution < 1.29 is 4.42 Å². The highest BCUT2D eigenvalue weighted by Gasteiger charge is 2.16. The Morgan fingerprint density at radius 1 is 1.35 bits per heavy atom. The molecule has 3 heterocycles. The molecule has 0 saturated carbocycles. The minimum Gasteiger partial charge on any atom is -0.463 e. The van der Waals surface area contributed by atoms with Gasteiger partial charge in [0.15, 0.2) is 11.5 Å². The van der Waals surface area contributed by atoms with E-state index in [9.17, 15) is 4.91 Å². The Bertz CT molecular complexity index is 688. The molecule has 6 heteroatoms. The van der Waals surface area contributed by atoms with Crippen molar-refractivity contribution in [2.45, 2.75) is 0 Å². The van der Waals surface area contributed by atoms with Crippen LogP contribution >= 0.6 is 11.6 Å². The number of nitrogens with zero attached hydrogens (tertiary/aromatic N) is 3. The highest BCUT2D eigenvalue weighted by molar-refractivity contribution is 6.30. The molecule has 0 radical (unpaired) electrons. The zero-order valence-corrected chi connectivity index (χ0v) is 9.26. The van der Waals surface area contributed by atoms with Gasteiger partial charge in [0, 0.05) is 6.20 Å². The van der Waals surface area contributed by atoms with Crippen LogP contribution in [0.25, 0.3) is 17.1 Å². The van der Waals surface area contributed by atoms with Crippen molar-refractivity contribution in [3.8, 4) is 11.5 Å². The molecule has 0 fully saturated rings. The number of aromatic nitrogens is 2. The largest absolute Gasteiger partial charge is 0.463 e. The van der Waals surface area contributed by atoms with Gasteiger partial charge in [-0.25, -0.2) is 4.98 Å². The van der Waals surface area contributed by atoms with Crippen molar-refractivity contribution >= 4 is 23.1 Å². The van der Waals surface area contributed by atoms with Crippen molar-refractivity contribution in [3.63, 3.8) is 0 Å². The Morgan fingerprint density at radius 3 is 2.94 bits per heavy atom. The van der Waals surface area contributed by atoms with Crippen LogP contribution in [0.15, 0.2) is 46.3 Å². The first kappa shape index (κ1) is 10.0. The molecule has 0 bridgehead atoms. The van der Waals surface area contributed by atoms with Gasteiger partial charge in [-0.1, -0.05) is 11.6 Å². The fourth-order valence-corrected chi connectivity index (χ4v) is 1.83. The lowest BCUT2D eigenvalue weighted by atomic mass is 10.3. The van der Waals surface area contributed by atoms with E-state index in [0.717, 1.165) is 0 Å². The van der Waals surface area contributed by atoms with Crippen LogP contribution < -0.4 is 0 Å². The van der Waals surface area contributed by atoms with E-state index in [1.807, 2.05) is 0 Å². The van der Waals surface area contributed by atoms with Gasteiger partial charge in [0.05, 0.1) is 11.3 Å². The predicted octanol–water partition coefficient (Wildman–Crippen LogP) is 3.65. The van der Waals surface area contributed by atoms with Gasteiger partial charge in [0.25, 0.3) is 0 Å². The first-order valence-corrected chi connectivity index (χ1v) is 5.22. The fraction of sp³-hybridized carbons (Fsp3) is 0. The third-order valence-electron chi connectivity index (χ3n) is 2.40. The Hall–Kier alpha value is -2.14. The zero-order valence-electron chi connectivity index (χ0n) is 8.50. The van der Waals surface area contributed by atoms with Crippen LogP contribution in [-0.4, -0.2) is 9.38 Å². The second-order valence-corrected chi connectivity index (χ2v) is 3.86. The lowest BCUT2D eigenvalue weighted by Gasteiger charge is -1.94. The Labute approximate surface area is 101 Å². The molecule has 0 spiro atoms. The molecular formula is C11H6ClN3O2. The minimum atomic E-state index is 0.178. The SMILES string of the molecule is O=Nc1c(-c2ccco2)nc2ccc(Cl)cn12. The lowest BCUT2D eigenvalue weighted by Crippen LogP contribution is -1.82. The van der Waals surface area contributed by atoms with Crippen molar-refractivity contribution in [2.24, 2.45) is 5.18 Å². The minimum absolute atomic E-state index is 0.178. The summed E-state index contributed by atoms with van der Waals surface area (Å²) >= 11 is 5.87. The Morgan fingerprint density at radius 2 is 2.24 bits per heavy atom. The highest BCUT2D eigenvalue weighted by atomic mass is 35.5. The quantitative estimate of drug-likeness (QED) is 0.650. The number of fused-ring (bicyclic) bond motifs is 1. The summed E-state index contributed by atoms with van der Waals surface area (Å²) < 4.78 is 6.75. The van der Waals surface area contributed by atoms with E-state index in [0.29, 0.717) is 22.1 Å². The van der Waals surface area contributed by atoms with Gasteiger partial charge in [-0.05, 0) is 29.4 Å². The van der Waals surface area contributed by atoms with E-state index in [1.54, 1.807) is 30.5 Å². The van der Waals surface area contributed by atoms with Gasteiger partial charge in [0.2, 0.25) is 5.82 Å². The number of rotatable bonds is 2. The maximum absolute atomic E-state index is 10.9. The number of hydrogen-bond donors (Lipinski definition) is 0. The van der Waals surface area contributed by atoms with Crippen LogP contribution in [0, 0.1) is 4.91 Å². The normalized spacial score (nSPS) is 10.9. The molecule has 3 aromatic rings. The number of nitroso groups, excluding NO2 is 1. The number of hydrogen-bond acceptors (Lipinski definition) is 4. The fourth-order valence-electron chi connectivity index (χ4n) is 1.67. The van der Waals surface area contributed by atoms with Crippen LogP contribution in [0.5, 0.6) is 0 Å². The number of furan rings is 1. The van der Waals surface area contributed by atoms with Crippen molar-refractivity contribution in [1.82, 2.24) is 9.38 Å². The molecule has 0 aromatic carbocycles. The van der Waals surface area contributed by atoms with Crippen LogP contribution in [0.3, 0.4) is 0 Å². The molecule has 84 valence electrons. The molecule has 0 amide bonds. The van der Waals surface area contributed by atoms with Gasteiger partial charge in [-0.2, -0.15) is 0 Å². The molecule has 0 aliphatic heterocycles.